The average molecular weight is 352 g/mol. The minimum Gasteiger partial charge on any atom is -0.496 e. The Morgan fingerprint density at radius 3 is 2.71 bits per heavy atom. The Morgan fingerprint density at radius 1 is 1.29 bits per heavy atom. The zero-order valence-electron chi connectivity index (χ0n) is 14.0. The normalized spacial score (nSPS) is 11.9. The van der Waals surface area contributed by atoms with E-state index in [0.29, 0.717) is 11.6 Å². The van der Waals surface area contributed by atoms with Crippen LogP contribution < -0.4 is 15.0 Å². The van der Waals surface area contributed by atoms with Gasteiger partial charge in [-0.1, -0.05) is 17.7 Å². The fourth-order valence-electron chi connectivity index (χ4n) is 2.46. The molecule has 2 aromatic rings. The number of rotatable bonds is 6. The van der Waals surface area contributed by atoms with Crippen LogP contribution >= 0.6 is 11.6 Å². The van der Waals surface area contributed by atoms with Crippen molar-refractivity contribution in [1.82, 2.24) is 0 Å². The van der Waals surface area contributed by atoms with Gasteiger partial charge in [0.05, 0.1) is 19.8 Å². The van der Waals surface area contributed by atoms with Crippen LogP contribution in [0.3, 0.4) is 0 Å². The van der Waals surface area contributed by atoms with E-state index in [-0.39, 0.29) is 18.1 Å². The smallest absolute Gasteiger partial charge is 0.279 e. The van der Waals surface area contributed by atoms with Crippen LogP contribution in [-0.2, 0) is 11.3 Å². The van der Waals surface area contributed by atoms with Crippen molar-refractivity contribution in [2.24, 2.45) is 0 Å². The van der Waals surface area contributed by atoms with Gasteiger partial charge in [0, 0.05) is 10.6 Å². The third-order valence-corrected chi connectivity index (χ3v) is 3.83. The molecule has 0 bridgehead atoms. The van der Waals surface area contributed by atoms with E-state index in [9.17, 15) is 9.18 Å². The molecule has 0 aromatic heterocycles. The molecule has 0 spiro atoms. The first kappa shape index (κ1) is 18.2. The molecule has 4 nitrogen and oxygen atoms in total. The number of amides is 1. The highest BCUT2D eigenvalue weighted by Crippen LogP contribution is 2.21. The maximum Gasteiger partial charge on any atom is 0.279 e. The largest absolute Gasteiger partial charge is 0.496 e. The number of hydrogen-bond donors (Lipinski definition) is 2. The number of nitrogens with one attached hydrogen (secondary N) is 2. The Kier molecular flexibility index (Phi) is 6.17. The summed E-state index contributed by atoms with van der Waals surface area (Å²) < 4.78 is 19.1. The Balaban J connectivity index is 1.98. The molecule has 0 radical (unpaired) electrons. The first-order valence-electron chi connectivity index (χ1n) is 7.58. The number of benzene rings is 2. The van der Waals surface area contributed by atoms with E-state index in [1.54, 1.807) is 38.3 Å². The molecule has 128 valence electrons. The highest BCUT2D eigenvalue weighted by atomic mass is 35.5. The molecule has 1 amide bonds. The summed E-state index contributed by atoms with van der Waals surface area (Å²) in [5.41, 5.74) is 1.91. The van der Waals surface area contributed by atoms with Crippen LogP contribution in [0.15, 0.2) is 36.4 Å². The van der Waals surface area contributed by atoms with Gasteiger partial charge in [0.15, 0.2) is 6.54 Å². The van der Waals surface area contributed by atoms with Gasteiger partial charge in [0.25, 0.3) is 5.91 Å². The second-order valence-electron chi connectivity index (χ2n) is 5.80. The third-order valence-electron chi connectivity index (χ3n) is 3.60. The van der Waals surface area contributed by atoms with Crippen molar-refractivity contribution < 1.29 is 18.8 Å². The Labute approximate surface area is 146 Å². The molecule has 1 unspecified atom stereocenters. The molecular formula is C18H21ClFN2O2+. The van der Waals surface area contributed by atoms with Crippen LogP contribution in [0, 0.1) is 12.7 Å². The van der Waals surface area contributed by atoms with Crippen molar-refractivity contribution in [3.05, 3.63) is 58.4 Å². The van der Waals surface area contributed by atoms with Crippen LogP contribution in [-0.4, -0.2) is 26.6 Å². The minimum atomic E-state index is -0.433. The Hall–Kier alpha value is -2.11. The standard InChI is InChI=1S/C18H20ClFN2O2/c1-12-4-6-16(15(20)8-12)21-18(23)11-22(2)10-13-9-14(19)5-7-17(13)24-3/h4-9H,10-11H2,1-3H3,(H,21,23)/p+1. The molecule has 0 aliphatic carbocycles. The lowest BCUT2D eigenvalue weighted by molar-refractivity contribution is -0.885. The summed E-state index contributed by atoms with van der Waals surface area (Å²) in [5.74, 6) is 0.0394. The Morgan fingerprint density at radius 2 is 2.04 bits per heavy atom. The number of carbonyl (C=O) groups excluding carboxylic acids is 1. The minimum absolute atomic E-state index is 0.193. The molecule has 0 heterocycles. The summed E-state index contributed by atoms with van der Waals surface area (Å²) in [6.07, 6.45) is 0. The molecular weight excluding hydrogens is 331 g/mol. The number of aryl methyl sites for hydroxylation is 1. The summed E-state index contributed by atoms with van der Waals surface area (Å²) in [7, 11) is 3.47. The molecule has 2 rings (SSSR count). The summed E-state index contributed by atoms with van der Waals surface area (Å²) in [6, 6.07) is 10.1. The van der Waals surface area contributed by atoms with Gasteiger partial charge in [0.2, 0.25) is 0 Å². The number of halogens is 2. The molecule has 0 aliphatic heterocycles. The van der Waals surface area contributed by atoms with Gasteiger partial charge in [-0.05, 0) is 42.8 Å². The highest BCUT2D eigenvalue weighted by Gasteiger charge is 2.15. The molecule has 24 heavy (non-hydrogen) atoms. The van der Waals surface area contributed by atoms with Crippen LogP contribution in [0.5, 0.6) is 5.75 Å². The van der Waals surface area contributed by atoms with Crippen molar-refractivity contribution in [2.45, 2.75) is 13.5 Å². The number of quaternary nitrogens is 1. The van der Waals surface area contributed by atoms with E-state index in [2.05, 4.69) is 5.32 Å². The topological polar surface area (TPSA) is 42.8 Å². The number of likely N-dealkylation sites (N-methyl/N-ethyl adjacent to an activating group) is 1. The summed E-state index contributed by atoms with van der Waals surface area (Å²) in [5, 5.41) is 3.22. The highest BCUT2D eigenvalue weighted by molar-refractivity contribution is 6.30. The quantitative estimate of drug-likeness (QED) is 0.839. The first-order valence-corrected chi connectivity index (χ1v) is 7.96. The molecule has 2 aromatic carbocycles. The van der Waals surface area contributed by atoms with E-state index in [1.165, 1.54) is 6.07 Å². The SMILES string of the molecule is COc1ccc(Cl)cc1C[NH+](C)CC(=O)Nc1ccc(C)cc1F. The van der Waals surface area contributed by atoms with Gasteiger partial charge in [-0.25, -0.2) is 4.39 Å². The zero-order chi connectivity index (χ0) is 17.7. The Bertz CT molecular complexity index is 737. The van der Waals surface area contributed by atoms with Crippen molar-refractivity contribution in [3.63, 3.8) is 0 Å². The number of carbonyl (C=O) groups is 1. The number of methoxy groups -OCH3 is 1. The van der Waals surface area contributed by atoms with Crippen LogP contribution in [0.4, 0.5) is 10.1 Å². The second-order valence-corrected chi connectivity index (χ2v) is 6.23. The van der Waals surface area contributed by atoms with Gasteiger partial charge in [0.1, 0.15) is 18.1 Å². The molecule has 6 heteroatoms. The fourth-order valence-corrected chi connectivity index (χ4v) is 2.66. The van der Waals surface area contributed by atoms with Crippen molar-refractivity contribution in [1.29, 1.82) is 0 Å². The van der Waals surface area contributed by atoms with E-state index in [0.717, 1.165) is 21.8 Å². The maximum absolute atomic E-state index is 13.8. The fraction of sp³-hybridized carbons (Fsp3) is 0.278. The molecule has 2 N–H and O–H groups in total. The summed E-state index contributed by atoms with van der Waals surface area (Å²) >= 11 is 6.01. The van der Waals surface area contributed by atoms with Crippen molar-refractivity contribution >= 4 is 23.2 Å². The van der Waals surface area contributed by atoms with Crippen LogP contribution in [0.1, 0.15) is 11.1 Å². The molecule has 0 aliphatic rings. The molecule has 0 fully saturated rings. The van der Waals surface area contributed by atoms with Gasteiger partial charge in [-0.15, -0.1) is 0 Å². The van der Waals surface area contributed by atoms with Crippen molar-refractivity contribution in [2.75, 3.05) is 26.0 Å². The number of anilines is 1. The number of hydrogen-bond acceptors (Lipinski definition) is 2. The van der Waals surface area contributed by atoms with Gasteiger partial charge >= 0.3 is 0 Å². The van der Waals surface area contributed by atoms with Crippen molar-refractivity contribution in [3.8, 4) is 5.75 Å². The summed E-state index contributed by atoms with van der Waals surface area (Å²) in [4.78, 5) is 13.0. The lowest BCUT2D eigenvalue weighted by Gasteiger charge is -2.16. The number of ether oxygens (including phenoxy) is 1. The molecule has 0 saturated heterocycles. The monoisotopic (exact) mass is 351 g/mol. The molecule has 1 atom stereocenters. The third kappa shape index (κ3) is 4.94. The summed E-state index contributed by atoms with van der Waals surface area (Å²) in [6.45, 7) is 2.56. The second kappa shape index (κ2) is 8.13. The van der Waals surface area contributed by atoms with E-state index in [1.807, 2.05) is 13.1 Å². The lowest BCUT2D eigenvalue weighted by Crippen LogP contribution is -3.08. The average Bonchev–Trinajstić information content (AvgIpc) is 2.50. The predicted molar refractivity (Wildman–Crippen MR) is 93.2 cm³/mol. The van der Waals surface area contributed by atoms with E-state index in [4.69, 9.17) is 16.3 Å². The van der Waals surface area contributed by atoms with Crippen LogP contribution in [0.25, 0.3) is 0 Å². The van der Waals surface area contributed by atoms with Gasteiger partial charge in [-0.3, -0.25) is 4.79 Å². The van der Waals surface area contributed by atoms with E-state index >= 15 is 0 Å². The van der Waals surface area contributed by atoms with E-state index < -0.39 is 5.82 Å². The first-order chi connectivity index (χ1) is 11.4. The van der Waals surface area contributed by atoms with Crippen LogP contribution in [0.2, 0.25) is 5.02 Å². The van der Waals surface area contributed by atoms with Gasteiger partial charge in [-0.2, -0.15) is 0 Å². The lowest BCUT2D eigenvalue weighted by atomic mass is 10.2. The zero-order valence-corrected chi connectivity index (χ0v) is 14.7. The predicted octanol–water partition coefficient (Wildman–Crippen LogP) is 2.45. The van der Waals surface area contributed by atoms with Gasteiger partial charge < -0.3 is 15.0 Å². The molecule has 0 saturated carbocycles. The maximum atomic E-state index is 13.8.